The van der Waals surface area contributed by atoms with Gasteiger partial charge in [0, 0.05) is 131 Å². The average molecular weight is 1560 g/mol. The van der Waals surface area contributed by atoms with Crippen molar-refractivity contribution in [1.82, 2.24) is 64.0 Å². The number of halogens is 6. The minimum atomic E-state index is -0.962. The maximum atomic E-state index is 13.8. The molecule has 0 radical (unpaired) electrons. The molecule has 0 bridgehead atoms. The van der Waals surface area contributed by atoms with Crippen molar-refractivity contribution < 1.29 is 32.9 Å². The van der Waals surface area contributed by atoms with Crippen LogP contribution in [0.1, 0.15) is 46.1 Å². The van der Waals surface area contributed by atoms with Gasteiger partial charge in [-0.1, -0.05) is 11.6 Å². The van der Waals surface area contributed by atoms with Crippen LogP contribution in [0.2, 0.25) is 21.0 Å². The van der Waals surface area contributed by atoms with E-state index in [9.17, 15) is 33.8 Å². The van der Waals surface area contributed by atoms with Crippen LogP contribution >= 0.6 is 103 Å². The number of H-pyrrole nitrogens is 3. The van der Waals surface area contributed by atoms with Gasteiger partial charge >= 0.3 is 17.3 Å². The first-order valence-corrected chi connectivity index (χ1v) is 35.9. The molecule has 16 aromatic rings. The van der Waals surface area contributed by atoms with Crippen LogP contribution in [0.25, 0.3) is 84.9 Å². The molecular weight excluding hydrogens is 1510 g/mol. The number of aromatic amines is 3. The van der Waals surface area contributed by atoms with E-state index in [1.54, 1.807) is 71.7 Å². The number of nitro groups is 2. The lowest BCUT2D eigenvalue weighted by Crippen LogP contribution is -2.02. The van der Waals surface area contributed by atoms with Gasteiger partial charge in [-0.05, 0) is 153 Å². The molecule has 0 saturated carbocycles. The minimum Gasteiger partial charge on any atom is -0.494 e. The number of thiophene rings is 5. The fraction of sp³-hybridized carbons (Fsp3) is 0.145. The van der Waals surface area contributed by atoms with E-state index in [0.29, 0.717) is 33.4 Å². The van der Waals surface area contributed by atoms with Crippen molar-refractivity contribution in [3.63, 3.8) is 0 Å². The molecule has 0 aliphatic heterocycles. The van der Waals surface area contributed by atoms with Crippen molar-refractivity contribution in [2.24, 2.45) is 14.1 Å². The van der Waals surface area contributed by atoms with E-state index in [0.717, 1.165) is 67.2 Å². The third-order valence-electron chi connectivity index (χ3n) is 14.8. The number of esters is 1. The molecule has 0 aliphatic carbocycles. The van der Waals surface area contributed by atoms with Gasteiger partial charge in [0.2, 0.25) is 27.5 Å². The second-order valence-electron chi connectivity index (χ2n) is 22.1. The van der Waals surface area contributed by atoms with Crippen molar-refractivity contribution >= 4 is 177 Å². The number of carbonyl (C=O) groups is 1. The van der Waals surface area contributed by atoms with E-state index < -0.39 is 32.9 Å². The Labute approximate surface area is 624 Å². The molecular formula is C69H58Cl4F2N16O7S5. The highest BCUT2D eigenvalue weighted by Gasteiger charge is 2.21. The second-order valence-corrected chi connectivity index (χ2v) is 29.7. The summed E-state index contributed by atoms with van der Waals surface area (Å²) < 4.78 is 46.2. The number of aromatic nitrogens is 13. The topological polar surface area (TPSA) is 308 Å². The first-order valence-electron chi connectivity index (χ1n) is 30.3. The van der Waals surface area contributed by atoms with E-state index in [4.69, 9.17) is 52.1 Å². The van der Waals surface area contributed by atoms with Gasteiger partial charge in [0.1, 0.15) is 21.6 Å². The minimum absolute atomic E-state index is 0.0376. The van der Waals surface area contributed by atoms with Crippen LogP contribution in [-0.2, 0) is 25.3 Å². The lowest BCUT2D eigenvalue weighted by atomic mass is 10.0. The largest absolute Gasteiger partial charge is 0.494 e. The molecule has 528 valence electrons. The number of hydrogen-bond acceptors (Lipinski definition) is 21. The fourth-order valence-corrected chi connectivity index (χ4v) is 15.8. The number of methoxy groups -OCH3 is 2. The zero-order valence-corrected chi connectivity index (χ0v) is 62.8. The first-order chi connectivity index (χ1) is 49.2. The third kappa shape index (κ3) is 18.8. The number of rotatable bonds is 9. The Morgan fingerprint density at radius 3 is 1.57 bits per heavy atom. The highest BCUT2D eigenvalue weighted by molar-refractivity contribution is 7.21. The average Bonchev–Trinajstić information content (AvgIpc) is 1.64. The highest BCUT2D eigenvalue weighted by atomic mass is 35.5. The van der Waals surface area contributed by atoms with Gasteiger partial charge in [-0.25, -0.2) is 44.7 Å². The number of ether oxygens (including phenoxy) is 2. The molecule has 23 nitrogen and oxygen atoms in total. The Morgan fingerprint density at radius 2 is 1.05 bits per heavy atom. The number of nitro benzene ring substituents is 2. The van der Waals surface area contributed by atoms with E-state index in [1.165, 1.54) is 93.2 Å². The van der Waals surface area contributed by atoms with E-state index >= 15 is 0 Å². The third-order valence-corrected chi connectivity index (χ3v) is 20.9. The van der Waals surface area contributed by atoms with Crippen LogP contribution in [-0.4, -0.2) is 94.0 Å². The molecule has 14 aromatic heterocycles. The molecule has 2 aromatic carbocycles. The lowest BCUT2D eigenvalue weighted by Gasteiger charge is -2.07. The van der Waals surface area contributed by atoms with Crippen molar-refractivity contribution in [3.05, 3.63) is 241 Å². The van der Waals surface area contributed by atoms with Gasteiger partial charge in [-0.15, -0.1) is 56.7 Å². The summed E-state index contributed by atoms with van der Waals surface area (Å²) in [6, 6.07) is 25.9. The van der Waals surface area contributed by atoms with Crippen molar-refractivity contribution in [1.29, 1.82) is 0 Å². The Hall–Kier alpha value is -10.2. The van der Waals surface area contributed by atoms with Gasteiger partial charge in [0.25, 0.3) is 0 Å². The van der Waals surface area contributed by atoms with Crippen LogP contribution in [0.15, 0.2) is 147 Å². The summed E-state index contributed by atoms with van der Waals surface area (Å²) in [4.78, 5) is 78.5. The van der Waals surface area contributed by atoms with Crippen LogP contribution in [0.4, 0.5) is 25.8 Å². The van der Waals surface area contributed by atoms with Gasteiger partial charge < -0.3 is 39.3 Å². The zero-order chi connectivity index (χ0) is 73.9. The molecule has 0 atom stereocenters. The predicted molar refractivity (Wildman–Crippen MR) is 410 cm³/mol. The van der Waals surface area contributed by atoms with E-state index in [-0.39, 0.29) is 33.3 Å². The number of carbonyl (C=O) groups excluding carboxylic acids is 1. The van der Waals surface area contributed by atoms with Gasteiger partial charge in [0.05, 0.1) is 97.9 Å². The summed E-state index contributed by atoms with van der Waals surface area (Å²) in [5, 5.41) is 22.4. The summed E-state index contributed by atoms with van der Waals surface area (Å²) in [5.74, 6) is -1.45. The van der Waals surface area contributed by atoms with Crippen LogP contribution in [0, 0.1) is 66.5 Å². The summed E-state index contributed by atoms with van der Waals surface area (Å²) in [6.07, 6.45) is 16.7. The first kappa shape index (κ1) is 75.5. The molecule has 0 amide bonds. The van der Waals surface area contributed by atoms with E-state index in [2.05, 4.69) is 138 Å². The molecule has 0 fully saturated rings. The van der Waals surface area contributed by atoms with Crippen LogP contribution < -0.4 is 10.5 Å². The van der Waals surface area contributed by atoms with Gasteiger partial charge in [-0.3, -0.25) is 20.2 Å². The van der Waals surface area contributed by atoms with Crippen molar-refractivity contribution in [3.8, 4) is 39.5 Å². The smallest absolute Gasteiger partial charge is 0.348 e. The Morgan fingerprint density at radius 1 is 0.563 bits per heavy atom. The summed E-state index contributed by atoms with van der Waals surface area (Å²) in [5.41, 5.74) is 17.0. The lowest BCUT2D eigenvalue weighted by molar-refractivity contribution is -0.387. The quantitative estimate of drug-likeness (QED) is 0.0261. The van der Waals surface area contributed by atoms with Crippen LogP contribution in [0.3, 0.4) is 0 Å². The summed E-state index contributed by atoms with van der Waals surface area (Å²) in [6.45, 7) is 10.1. The molecule has 14 heterocycles. The van der Waals surface area contributed by atoms with Crippen LogP contribution in [0.5, 0.6) is 5.75 Å². The van der Waals surface area contributed by atoms with Gasteiger partial charge in [0.15, 0.2) is 0 Å². The Balaban J connectivity index is 0.000000134. The molecule has 0 spiro atoms. The number of nitrogens with one attached hydrogen (secondary N) is 3. The van der Waals surface area contributed by atoms with Crippen molar-refractivity contribution in [2.45, 2.75) is 41.0 Å². The second kappa shape index (κ2) is 33.8. The summed E-state index contributed by atoms with van der Waals surface area (Å²) >= 11 is 30.9. The maximum Gasteiger partial charge on any atom is 0.348 e. The molecule has 5 N–H and O–H groups in total. The number of fused-ring (bicyclic) bond motifs is 5. The SMILES string of the molecule is COC(=O)c1cc2[nH]ccc2s1.COc1cc(F)c([N+](=O)[O-])cc1N.Cc1cc2[nH]cc(-c3ccnc(Cl)n3)c2s1.Cc1cc2[nH]ccc2s1.Cc1cc2c(s1)c(-c1ccnc(Cc3cc([N+](=O)[O-])c(F)cc3C)n1)cn2C.Cc1cc2c(s1)c(-c1ccnc(Cl)n1)cn2C.Clc1ccnc(Cl)n1. The Bertz CT molecular complexity index is 5640. The number of nitrogen functional groups attached to an aromatic ring is 1. The molecule has 0 unspecified atom stereocenters. The normalized spacial score (nSPS) is 10.7. The Kier molecular flexibility index (Phi) is 24.8. The number of benzene rings is 2. The zero-order valence-electron chi connectivity index (χ0n) is 55.7. The molecule has 0 aliphatic rings. The maximum absolute atomic E-state index is 13.8. The molecule has 0 saturated heterocycles. The fourth-order valence-electron chi connectivity index (χ4n) is 10.2. The van der Waals surface area contributed by atoms with Crippen molar-refractivity contribution in [2.75, 3.05) is 20.0 Å². The standard InChI is InChI=1S/C20H17FN4O2S.C12H10ClN3S.C11H8ClN3S.C8H7NO2S.C7H7FN2O3.C7H7NS.C4H2Cl2N2/c1-11-6-15(21)17(25(26)27)8-13(11)9-19-22-5-4-16(23-19)14-10-24(3)18-7-12(2)28-20(14)18;1-7-5-10-11(17-7)8(6-16(10)2)9-3-4-14-12(13)15-9;1-6-4-9-10(16-6)7(5-14-9)8-2-3-13-11(12)15-8;1-11-8(10)7-4-5-6(12-7)2-3-9-5;1-13-7-2-4(8)6(10(11)12)3-5(7)9;1-5-4-6-7(9-5)2-3-8-6;5-3-1-2-7-4(6)8-3/h4-8,10H,9H2,1-3H3;3-6H,1-2H3;2-5,14H,1H3;2-4,9H,1H3;2-3H,9H2,1H3;2-4,8H,1H3;1-2H. The number of nitrogens with two attached hydrogens (primary N) is 1. The van der Waals surface area contributed by atoms with Gasteiger partial charge in [-0.2, -0.15) is 8.78 Å². The molecule has 103 heavy (non-hydrogen) atoms. The van der Waals surface area contributed by atoms with E-state index in [1.807, 2.05) is 74.5 Å². The monoisotopic (exact) mass is 1560 g/mol. The number of anilines is 1. The molecule has 16 rings (SSSR count). The number of nitrogens with zero attached hydrogens (tertiary/aromatic N) is 12. The predicted octanol–water partition coefficient (Wildman–Crippen LogP) is 19.9. The molecule has 34 heteroatoms. The number of hydrogen-bond donors (Lipinski definition) is 4. The number of aryl methyl sites for hydroxylation is 7. The highest BCUT2D eigenvalue weighted by Crippen LogP contribution is 2.39. The summed E-state index contributed by atoms with van der Waals surface area (Å²) in [7, 11) is 6.73.